The van der Waals surface area contributed by atoms with Gasteiger partial charge in [0.15, 0.2) is 0 Å². The van der Waals surface area contributed by atoms with Crippen LogP contribution in [0.4, 0.5) is 29.3 Å². The summed E-state index contributed by atoms with van der Waals surface area (Å²) in [4.78, 5) is 43.9. The number of likely N-dealkylation sites (tertiary alicyclic amines) is 1. The van der Waals surface area contributed by atoms with Crippen LogP contribution >= 0.6 is 0 Å². The van der Waals surface area contributed by atoms with Crippen molar-refractivity contribution in [2.75, 3.05) is 29.4 Å². The number of urea groups is 1. The van der Waals surface area contributed by atoms with E-state index in [2.05, 4.69) is 0 Å². The maximum atomic E-state index is 14.8. The topological polar surface area (TPSA) is 81.2 Å². The Morgan fingerprint density at radius 1 is 0.974 bits per heavy atom. The van der Waals surface area contributed by atoms with E-state index in [4.69, 9.17) is 0 Å². The number of anilines is 2. The molecule has 1 atom stereocenters. The highest BCUT2D eigenvalue weighted by Crippen LogP contribution is 2.41. The van der Waals surface area contributed by atoms with Gasteiger partial charge in [-0.05, 0) is 55.9 Å². The standard InChI is InChI=1S/C29H32F3N3O4/c30-22-8-2-4-10-24(22)35(21-7-5-12-29(31,32)18-21)25(36)19-28(26(37)38)13-16-33(17-14-28)27(39)34-15-11-20-6-1-3-9-23(20)34/h1-4,6,8-10,21H,5,7,11-19H2,(H,37,38). The number of halogens is 3. The van der Waals surface area contributed by atoms with Gasteiger partial charge in [0.25, 0.3) is 0 Å². The molecule has 0 spiro atoms. The van der Waals surface area contributed by atoms with E-state index in [0.29, 0.717) is 6.54 Å². The summed E-state index contributed by atoms with van der Waals surface area (Å²) in [5.74, 6) is -5.59. The number of carboxylic acids is 1. The summed E-state index contributed by atoms with van der Waals surface area (Å²) < 4.78 is 43.5. The zero-order valence-electron chi connectivity index (χ0n) is 21.6. The second kappa shape index (κ2) is 10.5. The monoisotopic (exact) mass is 543 g/mol. The van der Waals surface area contributed by atoms with Crippen molar-refractivity contribution >= 4 is 29.3 Å². The molecule has 0 radical (unpaired) electrons. The van der Waals surface area contributed by atoms with E-state index in [1.807, 2.05) is 24.3 Å². The molecule has 1 unspecified atom stereocenters. The molecule has 7 nitrogen and oxygen atoms in total. The van der Waals surface area contributed by atoms with E-state index in [0.717, 1.165) is 28.6 Å². The Kier molecular flexibility index (Phi) is 7.31. The van der Waals surface area contributed by atoms with Gasteiger partial charge in [-0.3, -0.25) is 14.5 Å². The number of carbonyl (C=O) groups excluding carboxylic acids is 2. The van der Waals surface area contributed by atoms with E-state index in [1.165, 1.54) is 18.2 Å². The summed E-state index contributed by atoms with van der Waals surface area (Å²) >= 11 is 0. The van der Waals surface area contributed by atoms with Gasteiger partial charge in [0.2, 0.25) is 11.8 Å². The van der Waals surface area contributed by atoms with Crippen LogP contribution in [0, 0.1) is 11.2 Å². The third kappa shape index (κ3) is 5.33. The van der Waals surface area contributed by atoms with Gasteiger partial charge < -0.3 is 14.9 Å². The number of amides is 3. The van der Waals surface area contributed by atoms with Crippen LogP contribution in [0.1, 0.15) is 50.5 Å². The van der Waals surface area contributed by atoms with E-state index in [1.54, 1.807) is 9.80 Å². The molecule has 208 valence electrons. The maximum Gasteiger partial charge on any atom is 0.324 e. The summed E-state index contributed by atoms with van der Waals surface area (Å²) in [5.41, 5.74) is 0.316. The molecular formula is C29H32F3N3O4. The minimum Gasteiger partial charge on any atom is -0.481 e. The molecule has 10 heteroatoms. The fraction of sp³-hybridized carbons (Fsp3) is 0.483. The maximum absolute atomic E-state index is 14.8. The van der Waals surface area contributed by atoms with Gasteiger partial charge in [-0.25, -0.2) is 18.0 Å². The van der Waals surface area contributed by atoms with Gasteiger partial charge in [-0.2, -0.15) is 0 Å². The molecule has 1 N–H and O–H groups in total. The number of rotatable bonds is 5. The van der Waals surface area contributed by atoms with Crippen LogP contribution in [0.15, 0.2) is 48.5 Å². The number of aliphatic carboxylic acids is 1. The number of carboxylic acid groups (broad SMARTS) is 1. The fourth-order valence-corrected chi connectivity index (χ4v) is 6.22. The lowest BCUT2D eigenvalue weighted by atomic mass is 9.75. The molecule has 2 fully saturated rings. The highest BCUT2D eigenvalue weighted by molar-refractivity contribution is 5.97. The van der Waals surface area contributed by atoms with Crippen molar-refractivity contribution in [3.63, 3.8) is 0 Å². The number of benzene rings is 2. The summed E-state index contributed by atoms with van der Waals surface area (Å²) in [7, 11) is 0. The summed E-state index contributed by atoms with van der Waals surface area (Å²) in [5, 5.41) is 10.2. The molecule has 0 aromatic heterocycles. The van der Waals surface area contributed by atoms with Crippen molar-refractivity contribution in [2.24, 2.45) is 5.41 Å². The van der Waals surface area contributed by atoms with E-state index in [-0.39, 0.29) is 56.9 Å². The largest absolute Gasteiger partial charge is 0.481 e. The summed E-state index contributed by atoms with van der Waals surface area (Å²) in [6.45, 7) is 0.817. The predicted octanol–water partition coefficient (Wildman–Crippen LogP) is 5.48. The minimum atomic E-state index is -2.99. The van der Waals surface area contributed by atoms with Gasteiger partial charge >= 0.3 is 12.0 Å². The molecule has 0 bridgehead atoms. The SMILES string of the molecule is O=C(N1CCC(CC(=O)N(c2ccccc2F)C2CCCC(F)(F)C2)(C(=O)O)CC1)N1CCc2ccccc21. The number of nitrogens with zero attached hydrogens (tertiary/aromatic N) is 3. The predicted molar refractivity (Wildman–Crippen MR) is 139 cm³/mol. The molecule has 1 saturated heterocycles. The molecule has 2 aromatic carbocycles. The van der Waals surface area contributed by atoms with Gasteiger partial charge in [-0.1, -0.05) is 30.3 Å². The fourth-order valence-electron chi connectivity index (χ4n) is 6.22. The number of carbonyl (C=O) groups is 3. The Morgan fingerprint density at radius 2 is 1.67 bits per heavy atom. The number of fused-ring (bicyclic) bond motifs is 1. The average Bonchev–Trinajstić information content (AvgIpc) is 3.33. The lowest BCUT2D eigenvalue weighted by molar-refractivity contribution is -0.154. The van der Waals surface area contributed by atoms with Crippen LogP contribution in [-0.4, -0.2) is 59.5 Å². The number of alkyl halides is 2. The van der Waals surface area contributed by atoms with Gasteiger partial charge in [0.1, 0.15) is 5.82 Å². The number of hydrogen-bond acceptors (Lipinski definition) is 3. The number of hydrogen-bond donors (Lipinski definition) is 1. The van der Waals surface area contributed by atoms with Gasteiger partial charge in [-0.15, -0.1) is 0 Å². The molecule has 5 rings (SSSR count). The van der Waals surface area contributed by atoms with Crippen molar-refractivity contribution in [1.82, 2.24) is 4.90 Å². The minimum absolute atomic E-state index is 0.0290. The van der Waals surface area contributed by atoms with Crippen molar-refractivity contribution in [3.8, 4) is 0 Å². The highest BCUT2D eigenvalue weighted by atomic mass is 19.3. The van der Waals surface area contributed by atoms with E-state index >= 15 is 0 Å². The number of piperidine rings is 1. The lowest BCUT2D eigenvalue weighted by Crippen LogP contribution is -2.53. The van der Waals surface area contributed by atoms with Crippen LogP contribution in [0.5, 0.6) is 0 Å². The Balaban J connectivity index is 1.34. The molecule has 2 heterocycles. The third-order valence-electron chi connectivity index (χ3n) is 8.41. The first-order valence-electron chi connectivity index (χ1n) is 13.4. The Morgan fingerprint density at radius 3 is 2.36 bits per heavy atom. The Hall–Kier alpha value is -3.56. The van der Waals surface area contributed by atoms with Gasteiger partial charge in [0.05, 0.1) is 11.1 Å². The first kappa shape index (κ1) is 27.0. The third-order valence-corrected chi connectivity index (χ3v) is 8.41. The summed E-state index contributed by atoms with van der Waals surface area (Å²) in [6, 6.07) is 12.0. The second-order valence-corrected chi connectivity index (χ2v) is 10.9. The van der Waals surface area contributed by atoms with E-state index in [9.17, 15) is 32.7 Å². The molecule has 1 saturated carbocycles. The molecule has 3 aliphatic rings. The van der Waals surface area contributed by atoms with Crippen molar-refractivity contribution in [2.45, 2.75) is 63.3 Å². The molecule has 39 heavy (non-hydrogen) atoms. The molecular weight excluding hydrogens is 511 g/mol. The Labute approximate surface area is 225 Å². The van der Waals surface area contributed by atoms with Crippen LogP contribution in [0.3, 0.4) is 0 Å². The first-order valence-corrected chi connectivity index (χ1v) is 13.4. The van der Waals surface area contributed by atoms with Crippen molar-refractivity contribution in [3.05, 3.63) is 59.9 Å². The van der Waals surface area contributed by atoms with Crippen LogP contribution in [0.25, 0.3) is 0 Å². The molecule has 2 aliphatic heterocycles. The normalized spacial score (nSPS) is 21.8. The average molecular weight is 544 g/mol. The number of para-hydroxylation sites is 2. The van der Waals surface area contributed by atoms with Crippen LogP contribution in [0.2, 0.25) is 0 Å². The summed E-state index contributed by atoms with van der Waals surface area (Å²) in [6.07, 6.45) is -0.114. The van der Waals surface area contributed by atoms with Crippen molar-refractivity contribution in [1.29, 1.82) is 0 Å². The van der Waals surface area contributed by atoms with Gasteiger partial charge in [0, 0.05) is 50.6 Å². The smallest absolute Gasteiger partial charge is 0.324 e. The van der Waals surface area contributed by atoms with Crippen LogP contribution in [-0.2, 0) is 16.0 Å². The molecule has 3 amide bonds. The first-order chi connectivity index (χ1) is 18.6. The lowest BCUT2D eigenvalue weighted by Gasteiger charge is -2.42. The molecule has 1 aliphatic carbocycles. The highest BCUT2D eigenvalue weighted by Gasteiger charge is 2.48. The molecule has 2 aromatic rings. The van der Waals surface area contributed by atoms with Crippen LogP contribution < -0.4 is 9.80 Å². The zero-order chi connectivity index (χ0) is 27.8. The zero-order valence-corrected chi connectivity index (χ0v) is 21.6. The van der Waals surface area contributed by atoms with Crippen molar-refractivity contribution < 1.29 is 32.7 Å². The van der Waals surface area contributed by atoms with E-state index < -0.39 is 47.9 Å². The Bertz CT molecular complexity index is 1260. The second-order valence-electron chi connectivity index (χ2n) is 10.9. The quantitative estimate of drug-likeness (QED) is 0.542.